The van der Waals surface area contributed by atoms with Crippen LogP contribution < -0.4 is 10.1 Å². The normalized spacial score (nSPS) is 17.3. The van der Waals surface area contributed by atoms with E-state index in [-0.39, 0.29) is 18.8 Å². The molecule has 4 heterocycles. The molecule has 4 aromatic rings. The summed E-state index contributed by atoms with van der Waals surface area (Å²) in [6, 6.07) is 7.87. The smallest absolute Gasteiger partial charge is 0.221 e. The minimum absolute atomic E-state index is 0.00281. The Morgan fingerprint density at radius 2 is 2.03 bits per heavy atom. The lowest BCUT2D eigenvalue weighted by atomic mass is 9.99. The number of hydrogen-bond donors (Lipinski definition) is 4. The molecule has 37 heavy (non-hydrogen) atoms. The van der Waals surface area contributed by atoms with Crippen LogP contribution in [-0.2, 0) is 7.05 Å². The second-order valence-electron chi connectivity index (χ2n) is 10.1. The Bertz CT molecular complexity index is 1490. The number of aliphatic hydroxyl groups excluding tert-OH is 1. The maximum absolute atomic E-state index is 9.61. The fraction of sp³-hybridized carbons (Fsp3) is 0.407. The van der Waals surface area contributed by atoms with Crippen molar-refractivity contribution in [1.29, 1.82) is 5.41 Å². The van der Waals surface area contributed by atoms with Crippen LogP contribution >= 0.6 is 0 Å². The van der Waals surface area contributed by atoms with Crippen LogP contribution in [0.2, 0.25) is 0 Å². The van der Waals surface area contributed by atoms with E-state index in [9.17, 15) is 5.11 Å². The summed E-state index contributed by atoms with van der Waals surface area (Å²) in [4.78, 5) is 6.98. The number of benzene rings is 1. The molecule has 1 aliphatic heterocycles. The highest BCUT2D eigenvalue weighted by molar-refractivity contribution is 6.06. The van der Waals surface area contributed by atoms with Gasteiger partial charge in [-0.3, -0.25) is 15.0 Å². The van der Waals surface area contributed by atoms with E-state index < -0.39 is 0 Å². The highest BCUT2D eigenvalue weighted by Crippen LogP contribution is 2.37. The summed E-state index contributed by atoms with van der Waals surface area (Å²) < 4.78 is 8.20. The fourth-order valence-electron chi connectivity index (χ4n) is 5.05. The van der Waals surface area contributed by atoms with Gasteiger partial charge in [-0.15, -0.1) is 0 Å². The largest absolute Gasteiger partial charge is 0.473 e. The van der Waals surface area contributed by atoms with E-state index in [1.807, 2.05) is 66.1 Å². The molecule has 2 atom stereocenters. The number of rotatable bonds is 3. The lowest BCUT2D eigenvalue weighted by Gasteiger charge is -2.24. The van der Waals surface area contributed by atoms with Gasteiger partial charge in [0.25, 0.3) is 0 Å². The molecular weight excluding hydrogens is 468 g/mol. The Balaban J connectivity index is 1.76. The molecule has 194 valence electrons. The topological polar surface area (TPSA) is 128 Å². The number of aliphatic hydroxyl groups is 1. The van der Waals surface area contributed by atoms with Crippen LogP contribution in [0, 0.1) is 19.3 Å². The van der Waals surface area contributed by atoms with Crippen LogP contribution in [0.5, 0.6) is 5.88 Å². The third-order valence-electron chi connectivity index (χ3n) is 6.76. The predicted molar refractivity (Wildman–Crippen MR) is 146 cm³/mol. The van der Waals surface area contributed by atoms with E-state index in [4.69, 9.17) is 15.1 Å². The van der Waals surface area contributed by atoms with Crippen molar-refractivity contribution in [2.45, 2.75) is 39.8 Å². The number of nitrogens with zero attached hydrogens (tertiary/aromatic N) is 5. The van der Waals surface area contributed by atoms with Gasteiger partial charge in [-0.2, -0.15) is 10.2 Å². The second kappa shape index (κ2) is 9.60. The van der Waals surface area contributed by atoms with Crippen molar-refractivity contribution in [1.82, 2.24) is 29.9 Å². The molecule has 0 fully saturated rings. The summed E-state index contributed by atoms with van der Waals surface area (Å²) in [5.74, 6) is 0.671. The summed E-state index contributed by atoms with van der Waals surface area (Å²) in [5.41, 5.74) is 7.94. The fourth-order valence-corrected chi connectivity index (χ4v) is 5.05. The predicted octanol–water partition coefficient (Wildman–Crippen LogP) is 3.52. The molecule has 10 heteroatoms. The van der Waals surface area contributed by atoms with Gasteiger partial charge in [-0.1, -0.05) is 6.07 Å². The SMILES string of the molecule is Cc1nn(C)c2c1-c1cc3c(n[nH]c3c(C)n1)-c1ccc(NC(C)CO)c(c1)C(=N)CN(C)CC(C)O2. The lowest BCUT2D eigenvalue weighted by molar-refractivity contribution is 0.160. The molecule has 0 aliphatic carbocycles. The standard InChI is InChI=1S/C27H34N8O2/c1-14(13-36)29-22-8-7-18-9-19(22)21(28)12-34(5)11-15(2)37-27-24(16(3)33-35(27)6)23-10-20-25(17(4)30-23)31-32-26(18)20/h7-10,14-15,28-29,36H,11-13H2,1-6H3,(H,31,32). The molecule has 1 aliphatic rings. The number of aromatic nitrogens is 5. The monoisotopic (exact) mass is 502 g/mol. The Kier molecular flexibility index (Phi) is 6.47. The first-order valence-corrected chi connectivity index (χ1v) is 12.5. The molecule has 0 saturated carbocycles. The maximum atomic E-state index is 9.61. The third-order valence-corrected chi connectivity index (χ3v) is 6.76. The third kappa shape index (κ3) is 4.58. The van der Waals surface area contributed by atoms with E-state index in [1.165, 1.54) is 0 Å². The van der Waals surface area contributed by atoms with Crippen molar-refractivity contribution in [2.75, 3.05) is 32.1 Å². The maximum Gasteiger partial charge on any atom is 0.221 e. The molecule has 0 radical (unpaired) electrons. The van der Waals surface area contributed by atoms with Gasteiger partial charge < -0.3 is 20.6 Å². The summed E-state index contributed by atoms with van der Waals surface area (Å²) >= 11 is 0. The van der Waals surface area contributed by atoms with Crippen molar-refractivity contribution in [2.24, 2.45) is 7.05 Å². The first kappa shape index (κ1) is 24.9. The zero-order chi connectivity index (χ0) is 26.4. The average Bonchev–Trinajstić information content (AvgIpc) is 3.38. The minimum atomic E-state index is -0.149. The Hall–Kier alpha value is -3.76. The van der Waals surface area contributed by atoms with Gasteiger partial charge in [0, 0.05) is 48.4 Å². The van der Waals surface area contributed by atoms with Gasteiger partial charge in [0.2, 0.25) is 5.88 Å². The van der Waals surface area contributed by atoms with Gasteiger partial charge in [-0.25, -0.2) is 4.68 Å². The molecule has 2 unspecified atom stereocenters. The van der Waals surface area contributed by atoms with E-state index in [1.54, 1.807) is 4.68 Å². The quantitative estimate of drug-likeness (QED) is 0.337. The highest BCUT2D eigenvalue weighted by atomic mass is 16.5. The number of hydrogen-bond acceptors (Lipinski definition) is 8. The van der Waals surface area contributed by atoms with E-state index >= 15 is 0 Å². The van der Waals surface area contributed by atoms with Crippen LogP contribution in [0.3, 0.4) is 0 Å². The number of aryl methyl sites for hydroxylation is 3. The van der Waals surface area contributed by atoms with E-state index in [0.717, 1.165) is 56.1 Å². The molecule has 0 spiro atoms. The van der Waals surface area contributed by atoms with Crippen LogP contribution in [0.15, 0.2) is 24.3 Å². The van der Waals surface area contributed by atoms with Crippen LogP contribution in [0.1, 0.15) is 30.8 Å². The van der Waals surface area contributed by atoms with Crippen LogP contribution in [0.25, 0.3) is 33.4 Å². The molecule has 0 amide bonds. The van der Waals surface area contributed by atoms with Gasteiger partial charge in [0.05, 0.1) is 40.5 Å². The molecule has 10 nitrogen and oxygen atoms in total. The van der Waals surface area contributed by atoms with E-state index in [0.29, 0.717) is 24.7 Å². The Morgan fingerprint density at radius 1 is 1.24 bits per heavy atom. The van der Waals surface area contributed by atoms with E-state index in [2.05, 4.69) is 25.5 Å². The molecule has 1 aromatic carbocycles. The first-order valence-electron chi connectivity index (χ1n) is 12.5. The molecule has 0 saturated heterocycles. The number of pyridine rings is 1. The van der Waals surface area contributed by atoms with Crippen molar-refractivity contribution < 1.29 is 9.84 Å². The number of aromatic amines is 1. The number of anilines is 1. The van der Waals surface area contributed by atoms with Crippen molar-refractivity contribution in [3.8, 4) is 28.4 Å². The Labute approximate surface area is 216 Å². The average molecular weight is 503 g/mol. The zero-order valence-corrected chi connectivity index (χ0v) is 22.2. The summed E-state index contributed by atoms with van der Waals surface area (Å²) in [6.07, 6.45) is -0.149. The molecule has 4 bridgehead atoms. The van der Waals surface area contributed by atoms with Crippen molar-refractivity contribution in [3.05, 3.63) is 41.2 Å². The molecule has 4 N–H and O–H groups in total. The summed E-state index contributed by atoms with van der Waals surface area (Å²) in [6.45, 7) is 8.92. The van der Waals surface area contributed by atoms with Crippen molar-refractivity contribution in [3.63, 3.8) is 0 Å². The first-order chi connectivity index (χ1) is 17.7. The summed E-state index contributed by atoms with van der Waals surface area (Å²) in [5, 5.41) is 35.4. The Morgan fingerprint density at radius 3 is 2.78 bits per heavy atom. The lowest BCUT2D eigenvalue weighted by Crippen LogP contribution is -2.35. The molecule has 5 rings (SSSR count). The summed E-state index contributed by atoms with van der Waals surface area (Å²) in [7, 11) is 3.87. The number of fused-ring (bicyclic) bond motifs is 6. The van der Waals surface area contributed by atoms with Crippen LogP contribution in [-0.4, -0.2) is 79.6 Å². The van der Waals surface area contributed by atoms with Crippen LogP contribution in [0.4, 0.5) is 5.69 Å². The second-order valence-corrected chi connectivity index (χ2v) is 10.1. The zero-order valence-electron chi connectivity index (χ0n) is 22.2. The van der Waals surface area contributed by atoms with Gasteiger partial charge in [0.15, 0.2) is 0 Å². The number of likely N-dealkylation sites (N-methyl/N-ethyl adjacent to an activating group) is 1. The molecular formula is C27H34N8O2. The highest BCUT2D eigenvalue weighted by Gasteiger charge is 2.24. The number of H-pyrrole nitrogens is 1. The van der Waals surface area contributed by atoms with Crippen molar-refractivity contribution >= 4 is 22.3 Å². The number of nitrogens with one attached hydrogen (secondary N) is 3. The molecule has 3 aromatic heterocycles. The van der Waals surface area contributed by atoms with Gasteiger partial charge >= 0.3 is 0 Å². The number of ether oxygens (including phenoxy) is 1. The van der Waals surface area contributed by atoms with Gasteiger partial charge in [0.1, 0.15) is 11.8 Å². The minimum Gasteiger partial charge on any atom is -0.473 e. The van der Waals surface area contributed by atoms with Gasteiger partial charge in [-0.05, 0) is 52.9 Å².